The lowest BCUT2D eigenvalue weighted by Crippen LogP contribution is -2.86. The Morgan fingerprint density at radius 3 is 2.49 bits per heavy atom. The molecule has 11 heteroatoms. The van der Waals surface area contributed by atoms with Crippen molar-refractivity contribution in [3.63, 3.8) is 0 Å². The number of hydrogen-bond donors (Lipinski definition) is 3. The van der Waals surface area contributed by atoms with E-state index in [4.69, 9.17) is 9.72 Å². The number of imidazole rings is 1. The minimum Gasteiger partial charge on any atom is -0.379 e. The van der Waals surface area contributed by atoms with Crippen molar-refractivity contribution in [3.8, 4) is 0 Å². The number of piperidine rings is 1. The number of nitrogens with zero attached hydrogens (tertiary/aromatic N) is 7. The highest BCUT2D eigenvalue weighted by atomic mass is 16.5. The highest BCUT2D eigenvalue weighted by Crippen LogP contribution is 2.57. The SMILES string of the molecule is C1=CCN(N2C=CC(c3ncc[nH]3)C(c3ccn[nH]3)(N3CCNC3)C2(N2CCCCC2)N2CCOCC2)C=C1. The first-order valence-electron chi connectivity index (χ1n) is 14.5. The second kappa shape index (κ2) is 10.5. The standard InChI is InChI=1S/C28H40N10O/c1-3-13-34(14-4-1)28(35-19-21-39-22-20-35)27(25-7-9-32-33-25,36-18-12-29-23-36)24(26-30-10-11-31-26)8-17-38(28)37-15-5-2-6-16-37/h2,5-11,15,17,24,29H,1,3-4,12-14,16,18-23H2,(H,30,31)(H,32,33). The fraction of sp³-hybridized carbons (Fsp3) is 0.571. The summed E-state index contributed by atoms with van der Waals surface area (Å²) in [6.45, 7) is 8.62. The van der Waals surface area contributed by atoms with E-state index in [-0.39, 0.29) is 5.92 Å². The molecule has 2 aromatic rings. The molecule has 0 spiro atoms. The lowest BCUT2D eigenvalue weighted by molar-refractivity contribution is -0.302. The van der Waals surface area contributed by atoms with Crippen LogP contribution in [-0.4, -0.2) is 116 Å². The van der Waals surface area contributed by atoms with Crippen molar-refractivity contribution in [3.05, 3.63) is 72.9 Å². The van der Waals surface area contributed by atoms with Crippen molar-refractivity contribution >= 4 is 0 Å². The Kier molecular flexibility index (Phi) is 6.77. The van der Waals surface area contributed by atoms with Gasteiger partial charge in [0.05, 0.1) is 31.4 Å². The minimum absolute atomic E-state index is 0.0572. The van der Waals surface area contributed by atoms with Crippen LogP contribution in [0.5, 0.6) is 0 Å². The number of allylic oxidation sites excluding steroid dienone is 2. The first kappa shape index (κ1) is 25.0. The van der Waals surface area contributed by atoms with Gasteiger partial charge in [0.2, 0.25) is 0 Å². The molecule has 39 heavy (non-hydrogen) atoms. The Bertz CT molecular complexity index is 1140. The van der Waals surface area contributed by atoms with Crippen LogP contribution in [0.4, 0.5) is 0 Å². The molecule has 5 aliphatic heterocycles. The number of ether oxygens (including phenoxy) is 1. The van der Waals surface area contributed by atoms with Gasteiger partial charge in [-0.25, -0.2) is 4.98 Å². The molecule has 0 amide bonds. The number of aromatic nitrogens is 4. The summed E-state index contributed by atoms with van der Waals surface area (Å²) in [5.74, 6) is 0.326. The van der Waals surface area contributed by atoms with E-state index in [9.17, 15) is 0 Å². The van der Waals surface area contributed by atoms with Crippen molar-refractivity contribution in [2.75, 3.05) is 65.7 Å². The summed E-state index contributed by atoms with van der Waals surface area (Å²) in [6.07, 6.45) is 22.8. The third kappa shape index (κ3) is 3.82. The van der Waals surface area contributed by atoms with Gasteiger partial charge in [-0.2, -0.15) is 5.10 Å². The van der Waals surface area contributed by atoms with E-state index in [1.165, 1.54) is 19.3 Å². The predicted molar refractivity (Wildman–Crippen MR) is 148 cm³/mol. The van der Waals surface area contributed by atoms with Crippen LogP contribution in [0.3, 0.4) is 0 Å². The summed E-state index contributed by atoms with van der Waals surface area (Å²) in [6, 6.07) is 2.19. The lowest BCUT2D eigenvalue weighted by atomic mass is 9.68. The van der Waals surface area contributed by atoms with Crippen LogP contribution >= 0.6 is 0 Å². The van der Waals surface area contributed by atoms with Gasteiger partial charge >= 0.3 is 0 Å². The van der Waals surface area contributed by atoms with E-state index in [1.807, 2.05) is 18.6 Å². The predicted octanol–water partition coefficient (Wildman–Crippen LogP) is 1.58. The van der Waals surface area contributed by atoms with Crippen molar-refractivity contribution in [2.45, 2.75) is 36.5 Å². The van der Waals surface area contributed by atoms with E-state index < -0.39 is 11.3 Å². The molecule has 0 bridgehead atoms. The number of hydrogen-bond acceptors (Lipinski definition) is 9. The van der Waals surface area contributed by atoms with Crippen molar-refractivity contribution in [2.24, 2.45) is 0 Å². The van der Waals surface area contributed by atoms with Crippen molar-refractivity contribution in [1.29, 1.82) is 0 Å². The molecule has 5 aliphatic rings. The molecule has 2 aromatic heterocycles. The van der Waals surface area contributed by atoms with E-state index >= 15 is 0 Å². The van der Waals surface area contributed by atoms with Crippen LogP contribution in [0, 0.1) is 0 Å². The molecular formula is C28H40N10O. The van der Waals surface area contributed by atoms with E-state index in [2.05, 4.69) is 88.0 Å². The molecule has 0 radical (unpaired) electrons. The average Bonchev–Trinajstić information content (AvgIpc) is 3.82. The smallest absolute Gasteiger partial charge is 0.195 e. The number of rotatable bonds is 6. The molecule has 0 aromatic carbocycles. The topological polar surface area (TPSA) is 94.8 Å². The van der Waals surface area contributed by atoms with Crippen LogP contribution in [0.1, 0.15) is 36.7 Å². The molecule has 3 fully saturated rings. The summed E-state index contributed by atoms with van der Waals surface area (Å²) >= 11 is 0. The van der Waals surface area contributed by atoms with Crippen molar-refractivity contribution in [1.82, 2.24) is 50.2 Å². The molecule has 7 heterocycles. The molecular weight excluding hydrogens is 492 g/mol. The average molecular weight is 533 g/mol. The molecule has 208 valence electrons. The summed E-state index contributed by atoms with van der Waals surface area (Å²) in [5, 5.41) is 16.7. The minimum atomic E-state index is -0.586. The van der Waals surface area contributed by atoms with Gasteiger partial charge in [0.15, 0.2) is 5.79 Å². The maximum absolute atomic E-state index is 5.99. The Labute approximate surface area is 230 Å². The Balaban J connectivity index is 1.57. The van der Waals surface area contributed by atoms with Gasteiger partial charge in [-0.3, -0.25) is 29.8 Å². The second-order valence-electron chi connectivity index (χ2n) is 11.0. The fourth-order valence-corrected chi connectivity index (χ4v) is 7.67. The van der Waals surface area contributed by atoms with Gasteiger partial charge in [-0.15, -0.1) is 0 Å². The summed E-state index contributed by atoms with van der Waals surface area (Å²) in [5.41, 5.74) is 0.527. The van der Waals surface area contributed by atoms with Crippen LogP contribution in [0.25, 0.3) is 0 Å². The zero-order valence-electron chi connectivity index (χ0n) is 22.6. The van der Waals surface area contributed by atoms with E-state index in [1.54, 1.807) is 0 Å². The molecule has 3 saturated heterocycles. The van der Waals surface area contributed by atoms with Gasteiger partial charge < -0.3 is 15.0 Å². The van der Waals surface area contributed by atoms with Gasteiger partial charge in [0.1, 0.15) is 11.4 Å². The van der Waals surface area contributed by atoms with Crippen LogP contribution in [0.15, 0.2) is 61.4 Å². The molecule has 3 N–H and O–H groups in total. The molecule has 3 unspecified atom stereocenters. The zero-order valence-corrected chi connectivity index (χ0v) is 22.6. The lowest BCUT2D eigenvalue weighted by Gasteiger charge is -2.70. The maximum Gasteiger partial charge on any atom is 0.195 e. The number of aromatic amines is 2. The second-order valence-corrected chi connectivity index (χ2v) is 11.0. The Morgan fingerprint density at radius 1 is 0.923 bits per heavy atom. The van der Waals surface area contributed by atoms with Gasteiger partial charge in [-0.1, -0.05) is 24.6 Å². The first-order valence-corrected chi connectivity index (χ1v) is 14.5. The highest BCUT2D eigenvalue weighted by molar-refractivity contribution is 5.37. The Hall–Kier alpha value is -2.96. The molecule has 11 nitrogen and oxygen atoms in total. The zero-order chi connectivity index (χ0) is 26.1. The third-order valence-corrected chi connectivity index (χ3v) is 9.11. The largest absolute Gasteiger partial charge is 0.379 e. The number of hydrazine groups is 1. The molecule has 7 rings (SSSR count). The summed E-state index contributed by atoms with van der Waals surface area (Å²) < 4.78 is 5.99. The van der Waals surface area contributed by atoms with Crippen LogP contribution in [-0.2, 0) is 10.3 Å². The molecule has 0 aliphatic carbocycles. The molecule has 3 atom stereocenters. The van der Waals surface area contributed by atoms with Gasteiger partial charge in [0, 0.05) is 76.9 Å². The van der Waals surface area contributed by atoms with Gasteiger partial charge in [0.25, 0.3) is 0 Å². The fourth-order valence-electron chi connectivity index (χ4n) is 7.67. The highest BCUT2D eigenvalue weighted by Gasteiger charge is 2.71. The summed E-state index contributed by atoms with van der Waals surface area (Å²) in [4.78, 5) is 16.5. The van der Waals surface area contributed by atoms with Crippen LogP contribution in [0.2, 0.25) is 0 Å². The van der Waals surface area contributed by atoms with E-state index in [0.717, 1.165) is 64.0 Å². The molecule has 0 saturated carbocycles. The normalized spacial score (nSPS) is 32.9. The van der Waals surface area contributed by atoms with E-state index in [0.29, 0.717) is 13.2 Å². The maximum atomic E-state index is 5.99. The number of likely N-dealkylation sites (tertiary alicyclic amines) is 1. The quantitative estimate of drug-likeness (QED) is 0.513. The first-order chi connectivity index (χ1) is 19.4. The monoisotopic (exact) mass is 532 g/mol. The number of morpholine rings is 1. The number of H-pyrrole nitrogens is 2. The van der Waals surface area contributed by atoms with Crippen LogP contribution < -0.4 is 5.32 Å². The Morgan fingerprint density at radius 2 is 1.79 bits per heavy atom. The summed E-state index contributed by atoms with van der Waals surface area (Å²) in [7, 11) is 0. The van der Waals surface area contributed by atoms with Gasteiger partial charge in [-0.05, 0) is 25.0 Å². The third-order valence-electron chi connectivity index (χ3n) is 9.11. The number of nitrogens with one attached hydrogen (secondary N) is 3. The van der Waals surface area contributed by atoms with Crippen molar-refractivity contribution < 1.29 is 4.74 Å².